The van der Waals surface area contributed by atoms with Gasteiger partial charge in [0.15, 0.2) is 0 Å². The Labute approximate surface area is 109 Å². The van der Waals surface area contributed by atoms with E-state index in [0.29, 0.717) is 19.5 Å². The fourth-order valence-electron chi connectivity index (χ4n) is 2.42. The summed E-state index contributed by atoms with van der Waals surface area (Å²) in [6, 6.07) is 1.10. The molecule has 1 saturated heterocycles. The second kappa shape index (κ2) is 5.83. The van der Waals surface area contributed by atoms with Gasteiger partial charge in [-0.2, -0.15) is 0 Å². The molecule has 1 amide bonds. The van der Waals surface area contributed by atoms with Crippen molar-refractivity contribution < 1.29 is 9.90 Å². The van der Waals surface area contributed by atoms with Gasteiger partial charge >= 0.3 is 5.69 Å². The van der Waals surface area contributed by atoms with Gasteiger partial charge in [-0.3, -0.25) is 14.6 Å². The monoisotopic (exact) mass is 267 g/mol. The molecule has 2 heterocycles. The Morgan fingerprint density at radius 2 is 2.21 bits per heavy atom. The molecule has 7 heteroatoms. The van der Waals surface area contributed by atoms with Crippen LogP contribution in [-0.2, 0) is 0 Å². The van der Waals surface area contributed by atoms with Gasteiger partial charge in [-0.15, -0.1) is 0 Å². The van der Waals surface area contributed by atoms with E-state index in [1.54, 1.807) is 4.90 Å². The minimum absolute atomic E-state index is 0.0124. The van der Waals surface area contributed by atoms with Gasteiger partial charge in [0.05, 0.1) is 0 Å². The lowest BCUT2D eigenvalue weighted by atomic mass is 9.95. The molecule has 1 aromatic rings. The van der Waals surface area contributed by atoms with E-state index in [1.807, 2.05) is 4.98 Å². The average Bonchev–Trinajstić information content (AvgIpc) is 2.37. The molecule has 1 fully saturated rings. The van der Waals surface area contributed by atoms with Crippen LogP contribution in [0.25, 0.3) is 0 Å². The predicted octanol–water partition coefficient (Wildman–Crippen LogP) is -0.702. The van der Waals surface area contributed by atoms with Crippen LogP contribution in [0, 0.1) is 5.92 Å². The number of aromatic amines is 2. The summed E-state index contributed by atoms with van der Waals surface area (Å²) in [5, 5.41) is 8.94. The van der Waals surface area contributed by atoms with Crippen molar-refractivity contribution in [3.63, 3.8) is 0 Å². The first-order valence-corrected chi connectivity index (χ1v) is 6.34. The minimum Gasteiger partial charge on any atom is -0.396 e. The molecule has 0 aromatic carbocycles. The number of H-pyrrole nitrogens is 2. The number of hydrogen-bond acceptors (Lipinski definition) is 4. The molecule has 0 spiro atoms. The lowest BCUT2D eigenvalue weighted by molar-refractivity contribution is 0.0647. The molecule has 1 aliphatic rings. The number of nitrogens with zero attached hydrogens (tertiary/aromatic N) is 1. The van der Waals surface area contributed by atoms with Crippen LogP contribution in [0.5, 0.6) is 0 Å². The zero-order valence-electron chi connectivity index (χ0n) is 10.5. The summed E-state index contributed by atoms with van der Waals surface area (Å²) in [5.74, 6) is -0.0674. The highest BCUT2D eigenvalue weighted by Crippen LogP contribution is 2.20. The van der Waals surface area contributed by atoms with Gasteiger partial charge in [0.2, 0.25) is 0 Å². The van der Waals surface area contributed by atoms with Crippen molar-refractivity contribution in [2.24, 2.45) is 5.92 Å². The van der Waals surface area contributed by atoms with Crippen molar-refractivity contribution >= 4 is 5.91 Å². The largest absolute Gasteiger partial charge is 0.396 e. The van der Waals surface area contributed by atoms with Crippen molar-refractivity contribution in [1.82, 2.24) is 14.9 Å². The van der Waals surface area contributed by atoms with E-state index in [0.717, 1.165) is 18.9 Å². The molecule has 0 saturated carbocycles. The maximum Gasteiger partial charge on any atom is 0.326 e. The lowest BCUT2D eigenvalue weighted by Crippen LogP contribution is -2.41. The van der Waals surface area contributed by atoms with E-state index in [9.17, 15) is 14.4 Å². The zero-order valence-corrected chi connectivity index (χ0v) is 10.5. The van der Waals surface area contributed by atoms with Crippen LogP contribution in [0.3, 0.4) is 0 Å². The summed E-state index contributed by atoms with van der Waals surface area (Å²) in [7, 11) is 0. The quantitative estimate of drug-likeness (QED) is 0.673. The summed E-state index contributed by atoms with van der Waals surface area (Å²) in [5.41, 5.74) is -1.26. The first-order valence-electron chi connectivity index (χ1n) is 6.34. The molecular weight excluding hydrogens is 250 g/mol. The van der Waals surface area contributed by atoms with Crippen LogP contribution in [0.15, 0.2) is 15.7 Å². The molecule has 3 N–H and O–H groups in total. The third kappa shape index (κ3) is 3.31. The number of amides is 1. The number of rotatable bonds is 3. The number of aromatic nitrogens is 2. The Balaban J connectivity index is 2.14. The maximum absolute atomic E-state index is 12.2. The number of piperidine rings is 1. The molecule has 1 aliphatic heterocycles. The number of hydrogen-bond donors (Lipinski definition) is 3. The van der Waals surface area contributed by atoms with E-state index in [1.165, 1.54) is 0 Å². The molecule has 7 nitrogen and oxygen atoms in total. The molecule has 1 unspecified atom stereocenters. The zero-order chi connectivity index (χ0) is 13.8. The molecule has 19 heavy (non-hydrogen) atoms. The van der Waals surface area contributed by atoms with Crippen molar-refractivity contribution in [3.8, 4) is 0 Å². The Morgan fingerprint density at radius 1 is 1.42 bits per heavy atom. The highest BCUT2D eigenvalue weighted by atomic mass is 16.3. The molecule has 0 radical (unpaired) electrons. The van der Waals surface area contributed by atoms with Gasteiger partial charge in [0.1, 0.15) is 5.69 Å². The molecule has 2 rings (SSSR count). The molecule has 0 aliphatic carbocycles. The summed E-state index contributed by atoms with van der Waals surface area (Å²) < 4.78 is 0. The van der Waals surface area contributed by atoms with E-state index < -0.39 is 11.2 Å². The Hall–Kier alpha value is -1.89. The van der Waals surface area contributed by atoms with Crippen LogP contribution in [0.4, 0.5) is 0 Å². The highest BCUT2D eigenvalue weighted by Gasteiger charge is 2.24. The smallest absolute Gasteiger partial charge is 0.326 e. The third-order valence-electron chi connectivity index (χ3n) is 3.33. The van der Waals surface area contributed by atoms with E-state index in [4.69, 9.17) is 5.11 Å². The third-order valence-corrected chi connectivity index (χ3v) is 3.33. The molecule has 0 bridgehead atoms. The summed E-state index contributed by atoms with van der Waals surface area (Å²) in [6.45, 7) is 1.26. The van der Waals surface area contributed by atoms with Crippen LogP contribution in [0.2, 0.25) is 0 Å². The molecule has 1 atom stereocenters. The Bertz CT molecular complexity index is 532. The van der Waals surface area contributed by atoms with Gasteiger partial charge in [0.25, 0.3) is 11.5 Å². The van der Waals surface area contributed by atoms with Crippen molar-refractivity contribution in [2.75, 3.05) is 19.7 Å². The number of nitrogens with one attached hydrogen (secondary N) is 2. The van der Waals surface area contributed by atoms with Gasteiger partial charge in [-0.05, 0) is 25.2 Å². The molecule has 1 aromatic heterocycles. The summed E-state index contributed by atoms with van der Waals surface area (Å²) in [6.07, 6.45) is 2.51. The average molecular weight is 267 g/mol. The SMILES string of the molecule is O=C(c1cc(=O)[nH]c(=O)[nH]1)N1CCCC(CCO)C1. The molecular formula is C12H17N3O4. The van der Waals surface area contributed by atoms with Crippen LogP contribution >= 0.6 is 0 Å². The van der Waals surface area contributed by atoms with Crippen LogP contribution in [-0.4, -0.2) is 45.6 Å². The fourth-order valence-corrected chi connectivity index (χ4v) is 2.42. The van der Waals surface area contributed by atoms with Gasteiger partial charge in [-0.25, -0.2) is 4.79 Å². The Kier molecular flexibility index (Phi) is 4.16. The highest BCUT2D eigenvalue weighted by molar-refractivity contribution is 5.92. The number of carbonyl (C=O) groups excluding carboxylic acids is 1. The number of aliphatic hydroxyl groups is 1. The number of likely N-dealkylation sites (tertiary alicyclic amines) is 1. The first-order chi connectivity index (χ1) is 9.10. The summed E-state index contributed by atoms with van der Waals surface area (Å²) in [4.78, 5) is 40.5. The first kappa shape index (κ1) is 13.5. The van der Waals surface area contributed by atoms with Crippen molar-refractivity contribution in [1.29, 1.82) is 0 Å². The maximum atomic E-state index is 12.2. The van der Waals surface area contributed by atoms with E-state index >= 15 is 0 Å². The number of aliphatic hydroxyl groups excluding tert-OH is 1. The standard InChI is InChI=1S/C12H17N3O4/c16-5-3-8-2-1-4-15(7-8)11(18)9-6-10(17)14-12(19)13-9/h6,8,16H,1-5,7H2,(H2,13,14,17,19). The van der Waals surface area contributed by atoms with Crippen molar-refractivity contribution in [3.05, 3.63) is 32.6 Å². The van der Waals surface area contributed by atoms with Gasteiger partial charge < -0.3 is 15.0 Å². The van der Waals surface area contributed by atoms with Crippen LogP contribution < -0.4 is 11.2 Å². The van der Waals surface area contributed by atoms with Crippen molar-refractivity contribution in [2.45, 2.75) is 19.3 Å². The topological polar surface area (TPSA) is 106 Å². The minimum atomic E-state index is -0.681. The second-order valence-corrected chi connectivity index (χ2v) is 4.77. The lowest BCUT2D eigenvalue weighted by Gasteiger charge is -2.32. The Morgan fingerprint density at radius 3 is 2.89 bits per heavy atom. The normalized spacial score (nSPS) is 19.4. The van der Waals surface area contributed by atoms with E-state index in [2.05, 4.69) is 4.98 Å². The fraction of sp³-hybridized carbons (Fsp3) is 0.583. The number of carbonyl (C=O) groups is 1. The predicted molar refractivity (Wildman–Crippen MR) is 68.0 cm³/mol. The van der Waals surface area contributed by atoms with Gasteiger partial charge in [-0.1, -0.05) is 0 Å². The second-order valence-electron chi connectivity index (χ2n) is 4.77. The van der Waals surface area contributed by atoms with Crippen LogP contribution in [0.1, 0.15) is 29.8 Å². The summed E-state index contributed by atoms with van der Waals surface area (Å²) >= 11 is 0. The van der Waals surface area contributed by atoms with Gasteiger partial charge in [0, 0.05) is 25.8 Å². The molecule has 104 valence electrons. The van der Waals surface area contributed by atoms with E-state index in [-0.39, 0.29) is 24.1 Å².